The molecule has 162 valence electrons. The van der Waals surface area contributed by atoms with E-state index < -0.39 is 21.6 Å². The molecule has 0 unspecified atom stereocenters. The van der Waals surface area contributed by atoms with Crippen LogP contribution in [0.4, 0.5) is 5.69 Å². The molecule has 0 bridgehead atoms. The first-order valence-corrected chi connectivity index (χ1v) is 11.1. The van der Waals surface area contributed by atoms with Crippen LogP contribution in [-0.2, 0) is 10.0 Å². The third kappa shape index (κ3) is 4.13. The van der Waals surface area contributed by atoms with Gasteiger partial charge in [0.1, 0.15) is 11.3 Å². The summed E-state index contributed by atoms with van der Waals surface area (Å²) >= 11 is 0. The van der Waals surface area contributed by atoms with E-state index in [4.69, 9.17) is 9.15 Å². The maximum absolute atomic E-state index is 13.0. The molecule has 7 nitrogen and oxygen atoms in total. The van der Waals surface area contributed by atoms with Crippen molar-refractivity contribution in [2.45, 2.75) is 11.8 Å². The van der Waals surface area contributed by atoms with Crippen molar-refractivity contribution in [1.82, 2.24) is 0 Å². The Balaban J connectivity index is 1.61. The van der Waals surface area contributed by atoms with Gasteiger partial charge in [0.05, 0.1) is 16.1 Å². The predicted octanol–water partition coefficient (Wildman–Crippen LogP) is 4.15. The Kier molecular flexibility index (Phi) is 5.54. The van der Waals surface area contributed by atoms with Crippen LogP contribution in [0.3, 0.4) is 0 Å². The van der Waals surface area contributed by atoms with E-state index in [1.54, 1.807) is 49.4 Å². The monoisotopic (exact) mass is 449 g/mol. The second-order valence-electron chi connectivity index (χ2n) is 7.13. The molecule has 0 fully saturated rings. The van der Waals surface area contributed by atoms with Gasteiger partial charge in [-0.3, -0.25) is 4.31 Å². The van der Waals surface area contributed by atoms with Crippen LogP contribution in [0.15, 0.2) is 93.0 Å². The molecule has 8 heteroatoms. The van der Waals surface area contributed by atoms with Gasteiger partial charge < -0.3 is 9.15 Å². The number of aryl methyl sites for hydroxylation is 1. The molecule has 3 aromatic carbocycles. The Morgan fingerprint density at radius 2 is 1.69 bits per heavy atom. The minimum atomic E-state index is -3.88. The Bertz CT molecular complexity index is 1480. The first-order valence-electron chi connectivity index (χ1n) is 9.66. The standard InChI is InChI=1S/C24H19NO6S/c1-16-13-23(26)31-22-15-19(11-12-21(16)22)30-24(27)17-7-6-10-20(14-17)32(28,29)25(2)18-8-4-3-5-9-18/h3-15H,1-2H3. The molecule has 4 aromatic rings. The van der Waals surface area contributed by atoms with Gasteiger partial charge in [0, 0.05) is 24.6 Å². The smallest absolute Gasteiger partial charge is 0.343 e. The average Bonchev–Trinajstić information content (AvgIpc) is 2.78. The zero-order valence-electron chi connectivity index (χ0n) is 17.3. The fraction of sp³-hybridized carbons (Fsp3) is 0.0833. The highest BCUT2D eigenvalue weighted by Crippen LogP contribution is 2.25. The number of rotatable bonds is 5. The van der Waals surface area contributed by atoms with Crippen LogP contribution >= 0.6 is 0 Å². The Labute approximate surface area is 184 Å². The number of ether oxygens (including phenoxy) is 1. The van der Waals surface area contributed by atoms with Gasteiger partial charge in [-0.05, 0) is 55.0 Å². The molecule has 0 saturated carbocycles. The van der Waals surface area contributed by atoms with Gasteiger partial charge in [-0.2, -0.15) is 0 Å². The van der Waals surface area contributed by atoms with E-state index in [2.05, 4.69) is 0 Å². The van der Waals surface area contributed by atoms with Crippen molar-refractivity contribution in [2.75, 3.05) is 11.4 Å². The molecule has 1 heterocycles. The Morgan fingerprint density at radius 3 is 2.44 bits per heavy atom. The van der Waals surface area contributed by atoms with Crippen molar-refractivity contribution in [3.8, 4) is 5.75 Å². The molecule has 0 aliphatic heterocycles. The highest BCUT2D eigenvalue weighted by molar-refractivity contribution is 7.92. The number of hydrogen-bond acceptors (Lipinski definition) is 6. The molecule has 0 atom stereocenters. The normalized spacial score (nSPS) is 11.3. The Morgan fingerprint density at radius 1 is 0.938 bits per heavy atom. The molecule has 4 rings (SSSR count). The first-order chi connectivity index (χ1) is 15.3. The van der Waals surface area contributed by atoms with Gasteiger partial charge in [0.15, 0.2) is 0 Å². The van der Waals surface area contributed by atoms with Crippen LogP contribution in [0, 0.1) is 6.92 Å². The molecule has 32 heavy (non-hydrogen) atoms. The molecule has 1 aromatic heterocycles. The van der Waals surface area contributed by atoms with Crippen molar-refractivity contribution in [2.24, 2.45) is 0 Å². The summed E-state index contributed by atoms with van der Waals surface area (Å²) in [5, 5.41) is 0.724. The molecule has 0 spiro atoms. The molecule has 0 N–H and O–H groups in total. The van der Waals surface area contributed by atoms with Gasteiger partial charge in [-0.15, -0.1) is 0 Å². The van der Waals surface area contributed by atoms with Gasteiger partial charge in [-0.1, -0.05) is 24.3 Å². The van der Waals surface area contributed by atoms with Crippen LogP contribution in [0.5, 0.6) is 5.75 Å². The molecular weight excluding hydrogens is 430 g/mol. The second-order valence-corrected chi connectivity index (χ2v) is 9.10. The number of anilines is 1. The van der Waals surface area contributed by atoms with Crippen LogP contribution in [0.2, 0.25) is 0 Å². The average molecular weight is 449 g/mol. The summed E-state index contributed by atoms with van der Waals surface area (Å²) in [5.74, 6) is -0.565. The van der Waals surface area contributed by atoms with E-state index >= 15 is 0 Å². The lowest BCUT2D eigenvalue weighted by atomic mass is 10.1. The fourth-order valence-electron chi connectivity index (χ4n) is 3.25. The van der Waals surface area contributed by atoms with E-state index in [0.29, 0.717) is 11.3 Å². The third-order valence-electron chi connectivity index (χ3n) is 4.98. The zero-order valence-corrected chi connectivity index (χ0v) is 18.1. The molecule has 0 aliphatic carbocycles. The van der Waals surface area contributed by atoms with Crippen molar-refractivity contribution in [3.05, 3.63) is 100 Å². The van der Waals surface area contributed by atoms with Gasteiger partial charge in [-0.25, -0.2) is 18.0 Å². The van der Waals surface area contributed by atoms with Crippen LogP contribution in [-0.4, -0.2) is 21.4 Å². The minimum Gasteiger partial charge on any atom is -0.423 e. The SMILES string of the molecule is Cc1cc(=O)oc2cc(OC(=O)c3cccc(S(=O)(=O)N(C)c4ccccc4)c3)ccc12. The zero-order chi connectivity index (χ0) is 22.9. The third-order valence-corrected chi connectivity index (χ3v) is 6.76. The number of esters is 1. The quantitative estimate of drug-likeness (QED) is 0.258. The largest absolute Gasteiger partial charge is 0.423 e. The second kappa shape index (κ2) is 8.32. The number of sulfonamides is 1. The van der Waals surface area contributed by atoms with Crippen molar-refractivity contribution >= 4 is 32.6 Å². The van der Waals surface area contributed by atoms with Gasteiger partial charge in [0.2, 0.25) is 0 Å². The topological polar surface area (TPSA) is 93.9 Å². The van der Waals surface area contributed by atoms with Crippen molar-refractivity contribution in [3.63, 3.8) is 0 Å². The Hall–Kier alpha value is -3.91. The van der Waals surface area contributed by atoms with E-state index in [-0.39, 0.29) is 16.2 Å². The number of nitrogens with zero attached hydrogens (tertiary/aromatic N) is 1. The van der Waals surface area contributed by atoms with E-state index in [1.807, 2.05) is 0 Å². The highest BCUT2D eigenvalue weighted by Gasteiger charge is 2.23. The number of fused-ring (bicyclic) bond motifs is 1. The summed E-state index contributed by atoms with van der Waals surface area (Å²) in [6.45, 7) is 1.78. The van der Waals surface area contributed by atoms with E-state index in [0.717, 1.165) is 15.3 Å². The first kappa shape index (κ1) is 21.3. The number of carbonyl (C=O) groups is 1. The molecular formula is C24H19NO6S. The van der Waals surface area contributed by atoms with E-state index in [9.17, 15) is 18.0 Å². The van der Waals surface area contributed by atoms with E-state index in [1.165, 1.54) is 43.4 Å². The summed E-state index contributed by atoms with van der Waals surface area (Å²) in [4.78, 5) is 24.2. The minimum absolute atomic E-state index is 0.0431. The van der Waals surface area contributed by atoms with Gasteiger partial charge in [0.25, 0.3) is 10.0 Å². The number of carbonyl (C=O) groups excluding carboxylic acids is 1. The summed E-state index contributed by atoms with van der Waals surface area (Å²) in [5.41, 5.74) is 1.10. The molecule has 0 radical (unpaired) electrons. The molecule has 0 saturated heterocycles. The maximum atomic E-state index is 13.0. The van der Waals surface area contributed by atoms with Crippen LogP contribution in [0.1, 0.15) is 15.9 Å². The summed E-state index contributed by atoms with van der Waals surface area (Å²) < 4.78 is 37.7. The van der Waals surface area contributed by atoms with Gasteiger partial charge >= 0.3 is 11.6 Å². The summed E-state index contributed by atoms with van der Waals surface area (Å²) in [7, 11) is -2.44. The van der Waals surface area contributed by atoms with Crippen molar-refractivity contribution < 1.29 is 22.4 Å². The number of hydrogen-bond donors (Lipinski definition) is 0. The number of para-hydroxylation sites is 1. The maximum Gasteiger partial charge on any atom is 0.343 e. The molecule has 0 aliphatic rings. The molecule has 0 amide bonds. The predicted molar refractivity (Wildman–Crippen MR) is 121 cm³/mol. The lowest BCUT2D eigenvalue weighted by molar-refractivity contribution is 0.0734. The van der Waals surface area contributed by atoms with Crippen molar-refractivity contribution in [1.29, 1.82) is 0 Å². The van der Waals surface area contributed by atoms with Crippen LogP contribution in [0.25, 0.3) is 11.0 Å². The summed E-state index contributed by atoms with van der Waals surface area (Å²) in [6.07, 6.45) is 0. The van der Waals surface area contributed by atoms with Crippen LogP contribution < -0.4 is 14.7 Å². The fourth-order valence-corrected chi connectivity index (χ4v) is 4.49. The highest BCUT2D eigenvalue weighted by atomic mass is 32.2. The number of benzene rings is 3. The lowest BCUT2D eigenvalue weighted by Crippen LogP contribution is -2.26. The lowest BCUT2D eigenvalue weighted by Gasteiger charge is -2.19. The summed E-state index contributed by atoms with van der Waals surface area (Å²) in [6, 6.07) is 20.3.